The first kappa shape index (κ1) is 18.7. The number of nitrogens with one attached hydrogen (secondary N) is 1. The molecule has 0 aliphatic heterocycles. The van der Waals surface area contributed by atoms with Crippen LogP contribution in [0.2, 0.25) is 0 Å². The quantitative estimate of drug-likeness (QED) is 0.743. The van der Waals surface area contributed by atoms with Crippen molar-refractivity contribution in [3.8, 4) is 5.75 Å². The van der Waals surface area contributed by atoms with Crippen molar-refractivity contribution in [2.75, 3.05) is 20.2 Å². The van der Waals surface area contributed by atoms with Crippen LogP contribution < -0.4 is 10.1 Å². The van der Waals surface area contributed by atoms with Crippen LogP contribution in [0.25, 0.3) is 0 Å². The maximum atomic E-state index is 13.0. The zero-order chi connectivity index (χ0) is 18.7. The summed E-state index contributed by atoms with van der Waals surface area (Å²) in [7, 11) is 1.64. The highest BCUT2D eigenvalue weighted by atomic mass is 16.5. The number of carboxylic acid groups (broad SMARTS) is 1. The third kappa shape index (κ3) is 3.56. The Morgan fingerprint density at radius 1 is 1.27 bits per heavy atom. The van der Waals surface area contributed by atoms with Gasteiger partial charge >= 0.3 is 5.97 Å². The molecular weight excluding hydrogens is 332 g/mol. The molecule has 0 spiro atoms. The number of aliphatic carboxylic acids is 1. The summed E-state index contributed by atoms with van der Waals surface area (Å²) >= 11 is 0. The molecule has 0 unspecified atom stereocenters. The van der Waals surface area contributed by atoms with E-state index in [9.17, 15) is 9.59 Å². The van der Waals surface area contributed by atoms with E-state index in [0.29, 0.717) is 6.54 Å². The first-order valence-corrected chi connectivity index (χ1v) is 9.40. The van der Waals surface area contributed by atoms with E-state index in [0.717, 1.165) is 43.4 Å². The molecule has 2 saturated carbocycles. The van der Waals surface area contributed by atoms with Crippen molar-refractivity contribution < 1.29 is 19.4 Å². The number of benzene rings is 1. The number of carbonyl (C=O) groups is 2. The number of methoxy groups -OCH3 is 1. The van der Waals surface area contributed by atoms with Crippen molar-refractivity contribution >= 4 is 11.9 Å². The smallest absolute Gasteiger partial charge is 0.317 e. The Bertz CT molecular complexity index is 648. The van der Waals surface area contributed by atoms with E-state index in [4.69, 9.17) is 9.84 Å². The highest BCUT2D eigenvalue weighted by Crippen LogP contribution is 2.44. The Labute approximate surface area is 154 Å². The molecule has 2 aliphatic carbocycles. The van der Waals surface area contributed by atoms with Gasteiger partial charge in [0.1, 0.15) is 5.75 Å². The number of hydrogen-bond donors (Lipinski definition) is 2. The Balaban J connectivity index is 1.58. The van der Waals surface area contributed by atoms with E-state index in [2.05, 4.69) is 5.32 Å². The van der Waals surface area contributed by atoms with Crippen LogP contribution in [0.4, 0.5) is 0 Å². The number of carboxylic acids is 1. The summed E-state index contributed by atoms with van der Waals surface area (Å²) in [5, 5.41) is 12.2. The number of amides is 1. The normalized spacial score (nSPS) is 23.7. The number of hydrogen-bond acceptors (Lipinski definition) is 4. The zero-order valence-corrected chi connectivity index (χ0v) is 15.5. The van der Waals surface area contributed by atoms with Crippen LogP contribution in [-0.2, 0) is 15.0 Å². The molecule has 6 heteroatoms. The topological polar surface area (TPSA) is 78.9 Å². The van der Waals surface area contributed by atoms with Crippen LogP contribution in [0.3, 0.4) is 0 Å². The molecule has 1 aromatic carbocycles. The summed E-state index contributed by atoms with van der Waals surface area (Å²) in [5.41, 5.74) is 0.641. The van der Waals surface area contributed by atoms with Crippen molar-refractivity contribution in [3.63, 3.8) is 0 Å². The van der Waals surface area contributed by atoms with Crippen molar-refractivity contribution in [2.24, 2.45) is 0 Å². The molecule has 1 aromatic rings. The van der Waals surface area contributed by atoms with Crippen LogP contribution in [0.15, 0.2) is 24.3 Å². The van der Waals surface area contributed by atoms with Crippen LogP contribution in [-0.4, -0.2) is 54.2 Å². The van der Waals surface area contributed by atoms with Gasteiger partial charge in [-0.25, -0.2) is 0 Å². The maximum Gasteiger partial charge on any atom is 0.317 e. The summed E-state index contributed by atoms with van der Waals surface area (Å²) in [4.78, 5) is 25.9. The number of ether oxygens (including phenoxy) is 1. The second kappa shape index (κ2) is 7.66. The highest BCUT2D eigenvalue weighted by Gasteiger charge is 2.47. The molecule has 3 rings (SSSR count). The van der Waals surface area contributed by atoms with Crippen LogP contribution in [0.1, 0.15) is 44.6 Å². The van der Waals surface area contributed by atoms with Crippen molar-refractivity contribution in [2.45, 2.75) is 56.5 Å². The van der Waals surface area contributed by atoms with E-state index in [1.165, 1.54) is 0 Å². The Kier molecular flexibility index (Phi) is 5.51. The van der Waals surface area contributed by atoms with Gasteiger partial charge in [-0.2, -0.15) is 0 Å². The lowest BCUT2D eigenvalue weighted by Crippen LogP contribution is -2.59. The van der Waals surface area contributed by atoms with Gasteiger partial charge in [0.15, 0.2) is 0 Å². The fourth-order valence-corrected chi connectivity index (χ4v) is 4.09. The minimum atomic E-state index is -0.799. The van der Waals surface area contributed by atoms with E-state index in [1.54, 1.807) is 7.11 Å². The zero-order valence-electron chi connectivity index (χ0n) is 15.5. The molecule has 0 radical (unpaired) electrons. The van der Waals surface area contributed by atoms with Gasteiger partial charge < -0.3 is 15.2 Å². The minimum Gasteiger partial charge on any atom is -0.497 e. The van der Waals surface area contributed by atoms with Gasteiger partial charge in [-0.05, 0) is 49.9 Å². The van der Waals surface area contributed by atoms with Crippen molar-refractivity contribution in [3.05, 3.63) is 29.8 Å². The van der Waals surface area contributed by atoms with Crippen molar-refractivity contribution in [1.29, 1.82) is 0 Å². The average molecular weight is 360 g/mol. The first-order valence-electron chi connectivity index (χ1n) is 9.40. The van der Waals surface area contributed by atoms with Gasteiger partial charge in [-0.15, -0.1) is 0 Å². The predicted octanol–water partition coefficient (Wildman–Crippen LogP) is 2.17. The standard InChI is InChI=1S/C20H28N2O4/c1-3-22(13-18(23)24)16-11-15(12-16)21-19(25)20(9-4-10-20)14-5-7-17(26-2)8-6-14/h5-8,15-16H,3-4,9-13H2,1-2H3,(H,21,25)(H,23,24). The Morgan fingerprint density at radius 3 is 2.38 bits per heavy atom. The summed E-state index contributed by atoms with van der Waals surface area (Å²) in [6.07, 6.45) is 4.47. The number of likely N-dealkylation sites (N-methyl/N-ethyl adjacent to an activating group) is 1. The van der Waals surface area contributed by atoms with Gasteiger partial charge in [0.2, 0.25) is 5.91 Å². The molecule has 2 fully saturated rings. The average Bonchev–Trinajstić information content (AvgIpc) is 2.55. The summed E-state index contributed by atoms with van der Waals surface area (Å²) in [5.74, 6) is 0.106. The predicted molar refractivity (Wildman–Crippen MR) is 98.4 cm³/mol. The largest absolute Gasteiger partial charge is 0.497 e. The number of rotatable bonds is 8. The second-order valence-electron chi connectivity index (χ2n) is 7.42. The summed E-state index contributed by atoms with van der Waals surface area (Å²) in [6, 6.07) is 8.20. The van der Waals surface area contributed by atoms with Crippen LogP contribution in [0.5, 0.6) is 5.75 Å². The van der Waals surface area contributed by atoms with Crippen molar-refractivity contribution in [1.82, 2.24) is 10.2 Å². The lowest BCUT2D eigenvalue weighted by Gasteiger charge is -2.46. The first-order chi connectivity index (χ1) is 12.5. The third-order valence-electron chi connectivity index (χ3n) is 5.99. The molecule has 26 heavy (non-hydrogen) atoms. The molecule has 0 aromatic heterocycles. The lowest BCUT2D eigenvalue weighted by molar-refractivity contribution is -0.140. The fraction of sp³-hybridized carbons (Fsp3) is 0.600. The molecule has 142 valence electrons. The second-order valence-corrected chi connectivity index (χ2v) is 7.42. The third-order valence-corrected chi connectivity index (χ3v) is 5.99. The minimum absolute atomic E-state index is 0.0671. The van der Waals surface area contributed by atoms with Crippen LogP contribution in [0, 0.1) is 0 Å². The molecule has 0 atom stereocenters. The number of carbonyl (C=O) groups excluding carboxylic acids is 1. The molecule has 0 heterocycles. The van der Waals surface area contributed by atoms with E-state index >= 15 is 0 Å². The Hall–Kier alpha value is -2.08. The molecule has 0 bridgehead atoms. The summed E-state index contributed by atoms with van der Waals surface area (Å²) in [6.45, 7) is 2.76. The molecule has 6 nitrogen and oxygen atoms in total. The molecular formula is C20H28N2O4. The van der Waals surface area contributed by atoms with E-state index in [1.807, 2.05) is 36.1 Å². The monoisotopic (exact) mass is 360 g/mol. The van der Waals surface area contributed by atoms with E-state index in [-0.39, 0.29) is 24.5 Å². The number of nitrogens with zero attached hydrogens (tertiary/aromatic N) is 1. The highest BCUT2D eigenvalue weighted by molar-refractivity contribution is 5.89. The SMILES string of the molecule is CCN(CC(=O)O)C1CC(NC(=O)C2(c3ccc(OC)cc3)CCC2)C1. The molecule has 2 N–H and O–H groups in total. The van der Waals surface area contributed by atoms with Crippen LogP contribution >= 0.6 is 0 Å². The van der Waals surface area contributed by atoms with Gasteiger partial charge in [0.05, 0.1) is 19.1 Å². The Morgan fingerprint density at radius 2 is 1.92 bits per heavy atom. The van der Waals surface area contributed by atoms with E-state index < -0.39 is 11.4 Å². The molecule has 0 saturated heterocycles. The van der Waals surface area contributed by atoms with Gasteiger partial charge in [0, 0.05) is 12.1 Å². The maximum absolute atomic E-state index is 13.0. The molecule has 2 aliphatic rings. The van der Waals surface area contributed by atoms with Gasteiger partial charge in [0.25, 0.3) is 0 Å². The fourth-order valence-electron chi connectivity index (χ4n) is 4.09. The van der Waals surface area contributed by atoms with Gasteiger partial charge in [-0.1, -0.05) is 25.5 Å². The lowest BCUT2D eigenvalue weighted by atomic mass is 9.63. The molecule has 1 amide bonds. The summed E-state index contributed by atoms with van der Waals surface area (Å²) < 4.78 is 5.21. The van der Waals surface area contributed by atoms with Gasteiger partial charge in [-0.3, -0.25) is 14.5 Å².